The first-order chi connectivity index (χ1) is 27.4. The Balaban J connectivity index is 1.70. The minimum absolute atomic E-state index is 0.0622. The van der Waals surface area contributed by atoms with Crippen LogP contribution in [0.4, 0.5) is 4.79 Å². The molecule has 2 bridgehead atoms. The number of alkyl carbamates (subject to hydrolysis) is 1. The fourth-order valence-corrected chi connectivity index (χ4v) is 9.52. The Hall–Kier alpha value is -4.60. The number of aliphatic hydroxyl groups excluding tert-OH is 2. The van der Waals surface area contributed by atoms with Crippen molar-refractivity contribution in [1.29, 1.82) is 0 Å². The number of nitrogens with one attached hydrogen (secondary N) is 1. The number of aliphatic hydroxyl groups is 2. The largest absolute Gasteiger partial charge is 0.458 e. The quantitative estimate of drug-likeness (QED) is 0.166. The lowest BCUT2D eigenvalue weighted by molar-refractivity contribution is -0.335. The molecule has 1 aromatic carbocycles. The Kier molecular flexibility index (Phi) is 13.0. The Morgan fingerprint density at radius 1 is 1.00 bits per heavy atom. The van der Waals surface area contributed by atoms with Gasteiger partial charge >= 0.3 is 30.0 Å². The summed E-state index contributed by atoms with van der Waals surface area (Å²) in [5.41, 5.74) is -4.02. The van der Waals surface area contributed by atoms with Crippen LogP contribution >= 0.6 is 0 Å². The first-order valence-corrected chi connectivity index (χ1v) is 20.1. The summed E-state index contributed by atoms with van der Waals surface area (Å²) >= 11 is 0. The number of benzene rings is 1. The number of carbonyl (C=O) groups is 6. The normalized spacial score (nSPS) is 31.9. The molecule has 59 heavy (non-hydrogen) atoms. The number of ether oxygens (including phenoxy) is 6. The van der Waals surface area contributed by atoms with E-state index >= 15 is 4.79 Å². The molecule has 324 valence electrons. The molecule has 1 saturated heterocycles. The SMILES string of the molecule is CCC(=O)OC1C(=O)[C@@]2(C)[C@H]([C@H](OC(=O)c3ccccc3)C3C[C@H](OC(=O)[C@H](O)[C@H](C=C(C)C)NC(=O)OC(C)(C)C)C(C)=C1C3(C)C)[C@]1(OC(C)=O)CO[C@@H]1C[C@@H]2O. The molecule has 5 rings (SSSR count). The molecule has 1 amide bonds. The summed E-state index contributed by atoms with van der Waals surface area (Å²) in [7, 11) is 0. The standard InChI is InChI=1S/C44H59NO14/c1-12-31(48)56-35-32-23(4)28(55-39(52)33(49)27(18-22(2)3)45-40(53)59-41(6,7)8)19-26(42(32,9)10)34(57-38(51)25-16-14-13-15-17-25)36-43(11,37(35)50)29(47)20-30-44(36,21-54-30)58-24(5)46/h13-18,26-30,33-36,47,49H,12,19-21H2,1-11H3,(H,45,53)/t26?,27-,28-,29-,30+,33+,34+,35?,36-,43+,44-/m0/s1. The lowest BCUT2D eigenvalue weighted by Gasteiger charge is -2.66. The second kappa shape index (κ2) is 16.8. The maximum absolute atomic E-state index is 15.5. The summed E-state index contributed by atoms with van der Waals surface area (Å²) in [6.45, 7) is 17.8. The molecular formula is C44H59NO14. The molecule has 2 unspecified atom stereocenters. The monoisotopic (exact) mass is 825 g/mol. The highest BCUT2D eigenvalue weighted by atomic mass is 16.6. The smallest absolute Gasteiger partial charge is 0.408 e. The van der Waals surface area contributed by atoms with Crippen LogP contribution in [0.15, 0.2) is 53.1 Å². The summed E-state index contributed by atoms with van der Waals surface area (Å²) in [4.78, 5) is 82.7. The van der Waals surface area contributed by atoms with Gasteiger partial charge in [-0.1, -0.05) is 50.6 Å². The molecule has 1 aromatic rings. The van der Waals surface area contributed by atoms with Gasteiger partial charge in [-0.2, -0.15) is 0 Å². The summed E-state index contributed by atoms with van der Waals surface area (Å²) in [5.74, 6) is -6.18. The molecule has 0 spiro atoms. The van der Waals surface area contributed by atoms with Gasteiger partial charge in [0.25, 0.3) is 0 Å². The summed E-state index contributed by atoms with van der Waals surface area (Å²) in [5, 5.41) is 26.0. The maximum atomic E-state index is 15.5. The second-order valence-corrected chi connectivity index (χ2v) is 18.1. The van der Waals surface area contributed by atoms with Crippen molar-refractivity contribution in [3.8, 4) is 0 Å². The highest BCUT2D eigenvalue weighted by molar-refractivity contribution is 5.95. The van der Waals surface area contributed by atoms with Crippen molar-refractivity contribution in [2.75, 3.05) is 6.61 Å². The van der Waals surface area contributed by atoms with Crippen LogP contribution in [0.25, 0.3) is 0 Å². The van der Waals surface area contributed by atoms with Crippen LogP contribution < -0.4 is 5.32 Å². The van der Waals surface area contributed by atoms with E-state index < -0.39 is 112 Å². The number of allylic oxidation sites excluding steroid dienone is 1. The Labute approximate surface area is 345 Å². The molecule has 3 fully saturated rings. The van der Waals surface area contributed by atoms with Crippen LogP contribution in [-0.2, 0) is 47.6 Å². The maximum Gasteiger partial charge on any atom is 0.408 e. The predicted molar refractivity (Wildman–Crippen MR) is 210 cm³/mol. The topological polar surface area (TPSA) is 210 Å². The van der Waals surface area contributed by atoms with Gasteiger partial charge in [-0.05, 0) is 83.6 Å². The summed E-state index contributed by atoms with van der Waals surface area (Å²) in [6.07, 6.45) is -8.10. The lowest BCUT2D eigenvalue weighted by Crippen LogP contribution is -2.79. The van der Waals surface area contributed by atoms with Crippen molar-refractivity contribution in [1.82, 2.24) is 5.32 Å². The average molecular weight is 826 g/mol. The van der Waals surface area contributed by atoms with E-state index in [9.17, 15) is 34.2 Å². The van der Waals surface area contributed by atoms with Crippen LogP contribution in [0.2, 0.25) is 0 Å². The Bertz CT molecular complexity index is 1890. The molecule has 0 aromatic heterocycles. The average Bonchev–Trinajstić information content (AvgIpc) is 3.13. The fourth-order valence-electron chi connectivity index (χ4n) is 9.52. The number of rotatable bonds is 10. The highest BCUT2D eigenvalue weighted by Gasteiger charge is 2.75. The zero-order valence-corrected chi connectivity index (χ0v) is 35.8. The predicted octanol–water partition coefficient (Wildman–Crippen LogP) is 4.70. The molecule has 4 aliphatic rings. The number of ketones is 1. The minimum atomic E-state index is -1.94. The zero-order chi connectivity index (χ0) is 44.0. The van der Waals surface area contributed by atoms with Gasteiger partial charge in [-0.25, -0.2) is 14.4 Å². The van der Waals surface area contributed by atoms with Crippen molar-refractivity contribution in [2.24, 2.45) is 22.7 Å². The number of fused-ring (bicyclic) bond motifs is 5. The third-order valence-electron chi connectivity index (χ3n) is 12.3. The van der Waals surface area contributed by atoms with Crippen LogP contribution in [0.1, 0.15) is 106 Å². The highest BCUT2D eigenvalue weighted by Crippen LogP contribution is 2.63. The van der Waals surface area contributed by atoms with Crippen molar-refractivity contribution in [3.63, 3.8) is 0 Å². The van der Waals surface area contributed by atoms with Crippen molar-refractivity contribution >= 4 is 35.8 Å². The van der Waals surface area contributed by atoms with Crippen molar-refractivity contribution < 1.29 is 67.4 Å². The number of amides is 1. The summed E-state index contributed by atoms with van der Waals surface area (Å²) in [6, 6.07) is 6.89. The molecule has 3 N–H and O–H groups in total. The van der Waals surface area contributed by atoms with Gasteiger partial charge in [0.15, 0.2) is 23.6 Å². The first kappa shape index (κ1) is 45.5. The third-order valence-corrected chi connectivity index (χ3v) is 12.3. The van der Waals surface area contributed by atoms with E-state index in [1.807, 2.05) is 0 Å². The summed E-state index contributed by atoms with van der Waals surface area (Å²) < 4.78 is 36.1. The van der Waals surface area contributed by atoms with Crippen LogP contribution in [-0.4, -0.2) is 106 Å². The first-order valence-electron chi connectivity index (χ1n) is 20.1. The Morgan fingerprint density at radius 3 is 2.19 bits per heavy atom. The van der Waals surface area contributed by atoms with Crippen LogP contribution in [0.3, 0.4) is 0 Å². The molecule has 3 aliphatic carbocycles. The number of hydrogen-bond donors (Lipinski definition) is 3. The molecule has 2 saturated carbocycles. The van der Waals surface area contributed by atoms with E-state index in [1.165, 1.54) is 19.9 Å². The van der Waals surface area contributed by atoms with Crippen LogP contribution in [0, 0.1) is 22.7 Å². The van der Waals surface area contributed by atoms with Gasteiger partial charge in [0.2, 0.25) is 0 Å². The van der Waals surface area contributed by atoms with Gasteiger partial charge in [-0.3, -0.25) is 14.4 Å². The molecule has 11 atom stereocenters. The van der Waals surface area contributed by atoms with E-state index in [0.29, 0.717) is 11.1 Å². The van der Waals surface area contributed by atoms with E-state index in [2.05, 4.69) is 5.32 Å². The van der Waals surface area contributed by atoms with Gasteiger partial charge in [-0.15, -0.1) is 0 Å². The molecule has 15 nitrogen and oxygen atoms in total. The van der Waals surface area contributed by atoms with E-state index in [0.717, 1.165) is 0 Å². The van der Waals surface area contributed by atoms with Crippen LogP contribution in [0.5, 0.6) is 0 Å². The minimum Gasteiger partial charge on any atom is -0.458 e. The zero-order valence-electron chi connectivity index (χ0n) is 35.8. The number of carbonyl (C=O) groups excluding carboxylic acids is 6. The van der Waals surface area contributed by atoms with E-state index in [-0.39, 0.29) is 37.0 Å². The lowest BCUT2D eigenvalue weighted by atomic mass is 9.46. The van der Waals surface area contributed by atoms with Gasteiger partial charge in [0.1, 0.15) is 23.9 Å². The van der Waals surface area contributed by atoms with E-state index in [4.69, 9.17) is 28.4 Å². The molecule has 15 heteroatoms. The number of esters is 4. The van der Waals surface area contributed by atoms with E-state index in [1.54, 1.807) is 92.6 Å². The number of Topliss-reactive ketones (excluding diaryl/α,β-unsaturated/α-hetero) is 1. The fraction of sp³-hybridized carbons (Fsp3) is 0.636. The molecule has 1 aliphatic heterocycles. The van der Waals surface area contributed by atoms with Gasteiger partial charge < -0.3 is 44.0 Å². The van der Waals surface area contributed by atoms with Gasteiger partial charge in [0.05, 0.1) is 35.6 Å². The van der Waals surface area contributed by atoms with Crippen molar-refractivity contribution in [3.05, 3.63) is 58.7 Å². The molecule has 1 heterocycles. The third kappa shape index (κ3) is 8.69. The molecule has 0 radical (unpaired) electrons. The second-order valence-electron chi connectivity index (χ2n) is 18.1. The Morgan fingerprint density at radius 2 is 1.64 bits per heavy atom. The van der Waals surface area contributed by atoms with Gasteiger partial charge in [0, 0.05) is 25.7 Å². The van der Waals surface area contributed by atoms with Crippen molar-refractivity contribution in [2.45, 2.75) is 149 Å². The molecular weight excluding hydrogens is 766 g/mol. The number of hydrogen-bond acceptors (Lipinski definition) is 14.